The van der Waals surface area contributed by atoms with Gasteiger partial charge in [0, 0.05) is 43.0 Å². The van der Waals surface area contributed by atoms with E-state index >= 15 is 0 Å². The van der Waals surface area contributed by atoms with Crippen LogP contribution in [0.5, 0.6) is 0 Å². The van der Waals surface area contributed by atoms with Gasteiger partial charge in [-0.15, -0.1) is 0 Å². The van der Waals surface area contributed by atoms with Crippen molar-refractivity contribution in [2.24, 2.45) is 7.05 Å². The van der Waals surface area contributed by atoms with E-state index in [-0.39, 0.29) is 12.1 Å². The third-order valence-corrected chi connectivity index (χ3v) is 3.31. The molecule has 1 aromatic heterocycles. The summed E-state index contributed by atoms with van der Waals surface area (Å²) in [6.45, 7) is 2.65. The molecule has 1 aromatic carbocycles. The zero-order valence-electron chi connectivity index (χ0n) is 11.4. The number of nitrogens with one attached hydrogen (secondary N) is 1. The molecule has 0 radical (unpaired) electrons. The number of aliphatic hydroxyl groups excluding tert-OH is 1. The number of aromatic nitrogens is 2. The molecule has 1 atom stereocenters. The minimum Gasteiger partial charge on any atom is -0.387 e. The summed E-state index contributed by atoms with van der Waals surface area (Å²) >= 11 is 0. The summed E-state index contributed by atoms with van der Waals surface area (Å²) in [5.41, 5.74) is 2.13. The van der Waals surface area contributed by atoms with Crippen LogP contribution in [0.25, 0.3) is 0 Å². The number of aryl methyl sites for hydroxylation is 1. The molecule has 2 rings (SSSR count). The van der Waals surface area contributed by atoms with Crippen molar-refractivity contribution in [1.82, 2.24) is 15.1 Å². The van der Waals surface area contributed by atoms with Gasteiger partial charge in [0.15, 0.2) is 0 Å². The fourth-order valence-electron chi connectivity index (χ4n) is 1.94. The predicted molar refractivity (Wildman–Crippen MR) is 71.0 cm³/mol. The molecule has 0 aliphatic heterocycles. The van der Waals surface area contributed by atoms with E-state index in [1.54, 1.807) is 10.9 Å². The van der Waals surface area contributed by atoms with Crippen LogP contribution in [0, 0.1) is 18.6 Å². The standard InChI is InChI=1S/C14H17F2N3O/c1-9-10(7-18-19(9)2)6-17-8-14(20)12-4-3-11(15)5-13(12)16/h3-5,7,14,17,20H,6,8H2,1-2H3. The Morgan fingerprint density at radius 2 is 2.15 bits per heavy atom. The highest BCUT2D eigenvalue weighted by atomic mass is 19.1. The van der Waals surface area contributed by atoms with E-state index in [2.05, 4.69) is 10.4 Å². The summed E-state index contributed by atoms with van der Waals surface area (Å²) < 4.78 is 28.0. The van der Waals surface area contributed by atoms with Gasteiger partial charge in [-0.05, 0) is 13.0 Å². The lowest BCUT2D eigenvalue weighted by molar-refractivity contribution is 0.169. The third-order valence-electron chi connectivity index (χ3n) is 3.31. The van der Waals surface area contributed by atoms with Crippen LogP contribution in [-0.4, -0.2) is 21.4 Å². The van der Waals surface area contributed by atoms with Crippen molar-refractivity contribution in [3.05, 3.63) is 52.9 Å². The fourth-order valence-corrected chi connectivity index (χ4v) is 1.94. The smallest absolute Gasteiger partial charge is 0.131 e. The van der Waals surface area contributed by atoms with E-state index in [1.165, 1.54) is 6.07 Å². The van der Waals surface area contributed by atoms with Crippen molar-refractivity contribution in [2.75, 3.05) is 6.54 Å². The Kier molecular flexibility index (Phi) is 4.46. The van der Waals surface area contributed by atoms with Crippen LogP contribution in [0.3, 0.4) is 0 Å². The first-order valence-corrected chi connectivity index (χ1v) is 6.30. The summed E-state index contributed by atoms with van der Waals surface area (Å²) in [6.07, 6.45) is 0.722. The summed E-state index contributed by atoms with van der Waals surface area (Å²) in [4.78, 5) is 0. The average molecular weight is 281 g/mol. The average Bonchev–Trinajstić information content (AvgIpc) is 2.70. The van der Waals surface area contributed by atoms with Crippen molar-refractivity contribution in [3.63, 3.8) is 0 Å². The maximum absolute atomic E-state index is 13.5. The van der Waals surface area contributed by atoms with E-state index in [9.17, 15) is 13.9 Å². The first kappa shape index (κ1) is 14.6. The van der Waals surface area contributed by atoms with Crippen LogP contribution in [0.1, 0.15) is 22.9 Å². The van der Waals surface area contributed by atoms with Gasteiger partial charge >= 0.3 is 0 Å². The number of hydrogen-bond acceptors (Lipinski definition) is 3. The van der Waals surface area contributed by atoms with E-state index < -0.39 is 17.7 Å². The van der Waals surface area contributed by atoms with Crippen LogP contribution in [0.4, 0.5) is 8.78 Å². The molecule has 0 spiro atoms. The zero-order valence-corrected chi connectivity index (χ0v) is 11.4. The first-order valence-electron chi connectivity index (χ1n) is 6.30. The monoisotopic (exact) mass is 281 g/mol. The number of nitrogens with zero attached hydrogens (tertiary/aromatic N) is 2. The third kappa shape index (κ3) is 3.20. The molecular weight excluding hydrogens is 264 g/mol. The molecule has 1 unspecified atom stereocenters. The van der Waals surface area contributed by atoms with Crippen LogP contribution in [0.2, 0.25) is 0 Å². The van der Waals surface area contributed by atoms with E-state index in [0.717, 1.165) is 23.4 Å². The quantitative estimate of drug-likeness (QED) is 0.879. The highest BCUT2D eigenvalue weighted by molar-refractivity contribution is 5.21. The second-order valence-corrected chi connectivity index (χ2v) is 4.69. The second-order valence-electron chi connectivity index (χ2n) is 4.69. The molecule has 0 saturated carbocycles. The van der Waals surface area contributed by atoms with Crippen LogP contribution < -0.4 is 5.32 Å². The Hall–Kier alpha value is -1.79. The van der Waals surface area contributed by atoms with E-state index in [0.29, 0.717) is 6.54 Å². The lowest BCUT2D eigenvalue weighted by Crippen LogP contribution is -2.22. The summed E-state index contributed by atoms with van der Waals surface area (Å²) in [5.74, 6) is -1.39. The molecule has 0 fully saturated rings. The minimum absolute atomic E-state index is 0.0850. The Morgan fingerprint density at radius 3 is 2.75 bits per heavy atom. The molecule has 0 aliphatic carbocycles. The number of hydrogen-bond donors (Lipinski definition) is 2. The van der Waals surface area contributed by atoms with Crippen molar-refractivity contribution in [3.8, 4) is 0 Å². The molecular formula is C14H17F2N3O. The van der Waals surface area contributed by atoms with Gasteiger partial charge in [0.2, 0.25) is 0 Å². The highest BCUT2D eigenvalue weighted by Crippen LogP contribution is 2.17. The largest absolute Gasteiger partial charge is 0.387 e. The SMILES string of the molecule is Cc1c(CNCC(O)c2ccc(F)cc2F)cnn1C. The maximum atomic E-state index is 13.5. The second kappa shape index (κ2) is 6.11. The van der Waals surface area contributed by atoms with Crippen molar-refractivity contribution in [1.29, 1.82) is 0 Å². The zero-order chi connectivity index (χ0) is 14.7. The van der Waals surface area contributed by atoms with Gasteiger partial charge in [0.25, 0.3) is 0 Å². The molecule has 1 heterocycles. The molecule has 0 amide bonds. The molecule has 0 bridgehead atoms. The van der Waals surface area contributed by atoms with E-state index in [4.69, 9.17) is 0 Å². The summed E-state index contributed by atoms with van der Waals surface area (Å²) in [6, 6.07) is 3.16. The molecule has 2 aromatic rings. The van der Waals surface area contributed by atoms with E-state index in [1.807, 2.05) is 14.0 Å². The van der Waals surface area contributed by atoms with Gasteiger partial charge in [-0.25, -0.2) is 8.78 Å². The molecule has 4 nitrogen and oxygen atoms in total. The van der Waals surface area contributed by atoms with Crippen LogP contribution in [0.15, 0.2) is 24.4 Å². The number of halogens is 2. The van der Waals surface area contributed by atoms with Gasteiger partial charge in [-0.3, -0.25) is 4.68 Å². The molecule has 0 aliphatic rings. The fraction of sp³-hybridized carbons (Fsp3) is 0.357. The number of rotatable bonds is 5. The Bertz CT molecular complexity index is 598. The lowest BCUT2D eigenvalue weighted by atomic mass is 10.1. The normalized spacial score (nSPS) is 12.7. The van der Waals surface area contributed by atoms with Gasteiger partial charge in [0.1, 0.15) is 11.6 Å². The van der Waals surface area contributed by atoms with Gasteiger partial charge < -0.3 is 10.4 Å². The van der Waals surface area contributed by atoms with Gasteiger partial charge in [0.05, 0.1) is 12.3 Å². The van der Waals surface area contributed by atoms with Crippen molar-refractivity contribution >= 4 is 0 Å². The Balaban J connectivity index is 1.92. The van der Waals surface area contributed by atoms with Crippen LogP contribution in [-0.2, 0) is 13.6 Å². The van der Waals surface area contributed by atoms with Crippen molar-refractivity contribution in [2.45, 2.75) is 19.6 Å². The maximum Gasteiger partial charge on any atom is 0.131 e. The van der Waals surface area contributed by atoms with Gasteiger partial charge in [-0.1, -0.05) is 6.07 Å². The van der Waals surface area contributed by atoms with Crippen molar-refractivity contribution < 1.29 is 13.9 Å². The first-order chi connectivity index (χ1) is 9.49. The number of aliphatic hydroxyl groups is 1. The van der Waals surface area contributed by atoms with Gasteiger partial charge in [-0.2, -0.15) is 5.10 Å². The Labute approximate surface area is 116 Å². The lowest BCUT2D eigenvalue weighted by Gasteiger charge is -2.13. The molecule has 0 saturated heterocycles. The number of benzene rings is 1. The highest BCUT2D eigenvalue weighted by Gasteiger charge is 2.13. The minimum atomic E-state index is -1.02. The molecule has 2 N–H and O–H groups in total. The van der Waals surface area contributed by atoms with Crippen LogP contribution >= 0.6 is 0 Å². The molecule has 6 heteroatoms. The Morgan fingerprint density at radius 1 is 1.40 bits per heavy atom. The summed E-state index contributed by atoms with van der Waals surface area (Å²) in [5, 5.41) is 17.0. The predicted octanol–water partition coefficient (Wildman–Crippen LogP) is 1.83. The topological polar surface area (TPSA) is 50.1 Å². The molecule has 20 heavy (non-hydrogen) atoms. The molecule has 108 valence electrons. The summed E-state index contributed by atoms with van der Waals surface area (Å²) in [7, 11) is 1.85.